The van der Waals surface area contributed by atoms with Crippen molar-refractivity contribution in [3.8, 4) is 5.19 Å². The molecular weight excluding hydrogens is 224 g/mol. The molecule has 1 atom stereocenters. The Kier molecular flexibility index (Phi) is 3.26. The number of anilines is 1. The Labute approximate surface area is 98.0 Å². The van der Waals surface area contributed by atoms with Gasteiger partial charge in [-0.15, -0.1) is 0 Å². The van der Waals surface area contributed by atoms with Gasteiger partial charge in [-0.1, -0.05) is 11.3 Å². The quantitative estimate of drug-likeness (QED) is 0.830. The van der Waals surface area contributed by atoms with Gasteiger partial charge >= 0.3 is 0 Å². The summed E-state index contributed by atoms with van der Waals surface area (Å²) < 4.78 is 11.7. The molecule has 0 spiro atoms. The fraction of sp³-hybridized carbons (Fsp3) is 0.364. The smallest absolute Gasteiger partial charge is 0.274 e. The molecule has 2 N–H and O–H groups in total. The first kappa shape index (κ1) is 11.2. The van der Waals surface area contributed by atoms with E-state index in [1.54, 1.807) is 7.11 Å². The summed E-state index contributed by atoms with van der Waals surface area (Å²) in [5, 5.41) is 0.658. The third-order valence-electron chi connectivity index (χ3n) is 2.10. The normalized spacial score (nSPS) is 12.9. The highest BCUT2D eigenvalue weighted by Crippen LogP contribution is 2.29. The van der Waals surface area contributed by atoms with Gasteiger partial charge in [0.2, 0.25) is 0 Å². The van der Waals surface area contributed by atoms with E-state index in [4.69, 9.17) is 15.2 Å². The number of rotatable bonds is 4. The van der Waals surface area contributed by atoms with Crippen molar-refractivity contribution in [3.05, 3.63) is 18.2 Å². The molecule has 0 aliphatic carbocycles. The number of ether oxygens (including phenoxy) is 2. The lowest BCUT2D eigenvalue weighted by Crippen LogP contribution is -2.17. The fourth-order valence-corrected chi connectivity index (χ4v) is 2.37. The SMILES string of the molecule is COCC(C)Oc1nc2ccc(N)cc2s1. The lowest BCUT2D eigenvalue weighted by atomic mass is 10.3. The number of aromatic nitrogens is 1. The van der Waals surface area contributed by atoms with E-state index in [2.05, 4.69) is 4.98 Å². The topological polar surface area (TPSA) is 57.4 Å². The molecule has 4 nitrogen and oxygen atoms in total. The van der Waals surface area contributed by atoms with E-state index in [0.717, 1.165) is 15.9 Å². The minimum Gasteiger partial charge on any atom is -0.465 e. The van der Waals surface area contributed by atoms with E-state index >= 15 is 0 Å². The lowest BCUT2D eigenvalue weighted by molar-refractivity contribution is 0.0920. The molecule has 1 aromatic heterocycles. The maximum Gasteiger partial charge on any atom is 0.274 e. The predicted molar refractivity (Wildman–Crippen MR) is 66.0 cm³/mol. The van der Waals surface area contributed by atoms with E-state index in [0.29, 0.717) is 11.8 Å². The average molecular weight is 238 g/mol. The lowest BCUT2D eigenvalue weighted by Gasteiger charge is -2.09. The van der Waals surface area contributed by atoms with Crippen LogP contribution in [0.5, 0.6) is 5.19 Å². The molecule has 0 saturated heterocycles. The van der Waals surface area contributed by atoms with Crippen molar-refractivity contribution >= 4 is 27.2 Å². The summed E-state index contributed by atoms with van der Waals surface area (Å²) in [6.07, 6.45) is 0.00269. The molecule has 2 rings (SSSR count). The van der Waals surface area contributed by atoms with Crippen molar-refractivity contribution in [3.63, 3.8) is 0 Å². The number of methoxy groups -OCH3 is 1. The molecule has 0 amide bonds. The molecule has 0 fully saturated rings. The highest BCUT2D eigenvalue weighted by molar-refractivity contribution is 7.20. The van der Waals surface area contributed by atoms with Gasteiger partial charge in [-0.25, -0.2) is 4.98 Å². The van der Waals surface area contributed by atoms with Gasteiger partial charge in [0.05, 0.1) is 16.8 Å². The molecule has 1 unspecified atom stereocenters. The zero-order chi connectivity index (χ0) is 11.5. The zero-order valence-electron chi connectivity index (χ0n) is 9.27. The summed E-state index contributed by atoms with van der Waals surface area (Å²) in [7, 11) is 1.65. The van der Waals surface area contributed by atoms with Crippen LogP contribution in [0.1, 0.15) is 6.92 Å². The summed E-state index contributed by atoms with van der Waals surface area (Å²) in [6, 6.07) is 5.64. The fourth-order valence-electron chi connectivity index (χ4n) is 1.41. The van der Waals surface area contributed by atoms with Crippen molar-refractivity contribution in [1.29, 1.82) is 0 Å². The van der Waals surface area contributed by atoms with Crippen LogP contribution in [-0.4, -0.2) is 24.8 Å². The number of benzene rings is 1. The monoisotopic (exact) mass is 238 g/mol. The van der Waals surface area contributed by atoms with Crippen LogP contribution in [0.15, 0.2) is 18.2 Å². The molecule has 0 radical (unpaired) electrons. The standard InChI is InChI=1S/C11H14N2O2S/c1-7(6-14-2)15-11-13-9-4-3-8(12)5-10(9)16-11/h3-5,7H,6,12H2,1-2H3. The second kappa shape index (κ2) is 4.67. The Bertz CT molecular complexity index is 484. The van der Waals surface area contributed by atoms with Crippen LogP contribution in [0.25, 0.3) is 10.2 Å². The average Bonchev–Trinajstić information content (AvgIpc) is 2.59. The molecule has 5 heteroatoms. The van der Waals surface area contributed by atoms with Crippen molar-refractivity contribution in [2.45, 2.75) is 13.0 Å². The summed E-state index contributed by atoms with van der Waals surface area (Å²) >= 11 is 1.50. The van der Waals surface area contributed by atoms with Gasteiger partial charge in [0.25, 0.3) is 5.19 Å². The van der Waals surface area contributed by atoms with Gasteiger partial charge in [0.1, 0.15) is 6.10 Å². The highest BCUT2D eigenvalue weighted by atomic mass is 32.1. The van der Waals surface area contributed by atoms with E-state index in [9.17, 15) is 0 Å². The summed E-state index contributed by atoms with van der Waals surface area (Å²) in [6.45, 7) is 2.50. The van der Waals surface area contributed by atoms with Crippen LogP contribution in [0.3, 0.4) is 0 Å². The molecule has 0 bridgehead atoms. The summed E-state index contributed by atoms with van der Waals surface area (Å²) in [5.74, 6) is 0. The molecule has 0 aliphatic rings. The Hall–Kier alpha value is -1.33. The number of nitrogens with two attached hydrogens (primary N) is 1. The highest BCUT2D eigenvalue weighted by Gasteiger charge is 2.08. The Balaban J connectivity index is 2.19. The van der Waals surface area contributed by atoms with Gasteiger partial charge in [-0.2, -0.15) is 0 Å². The minimum atomic E-state index is 0.00269. The number of nitrogens with zero attached hydrogens (tertiary/aromatic N) is 1. The first-order valence-corrected chi connectivity index (χ1v) is 5.82. The first-order valence-electron chi connectivity index (χ1n) is 5.00. The van der Waals surface area contributed by atoms with Crippen LogP contribution in [-0.2, 0) is 4.74 Å². The maximum absolute atomic E-state index is 5.70. The summed E-state index contributed by atoms with van der Waals surface area (Å²) in [5.41, 5.74) is 7.36. The van der Waals surface area contributed by atoms with Crippen molar-refractivity contribution < 1.29 is 9.47 Å². The van der Waals surface area contributed by atoms with Crippen LogP contribution in [0.2, 0.25) is 0 Å². The Morgan fingerprint density at radius 2 is 2.31 bits per heavy atom. The molecule has 2 aromatic rings. The molecule has 1 aromatic carbocycles. The van der Waals surface area contributed by atoms with E-state index < -0.39 is 0 Å². The van der Waals surface area contributed by atoms with Gasteiger partial charge in [0.15, 0.2) is 0 Å². The number of hydrogen-bond donors (Lipinski definition) is 1. The van der Waals surface area contributed by atoms with Gasteiger partial charge < -0.3 is 15.2 Å². The Morgan fingerprint density at radius 1 is 1.50 bits per heavy atom. The van der Waals surface area contributed by atoms with Crippen molar-refractivity contribution in [1.82, 2.24) is 4.98 Å². The largest absolute Gasteiger partial charge is 0.465 e. The van der Waals surface area contributed by atoms with Crippen LogP contribution >= 0.6 is 11.3 Å². The number of fused-ring (bicyclic) bond motifs is 1. The van der Waals surface area contributed by atoms with E-state index in [1.165, 1.54) is 11.3 Å². The zero-order valence-corrected chi connectivity index (χ0v) is 10.1. The van der Waals surface area contributed by atoms with Crippen molar-refractivity contribution in [2.24, 2.45) is 0 Å². The van der Waals surface area contributed by atoms with Crippen LogP contribution in [0, 0.1) is 0 Å². The first-order chi connectivity index (χ1) is 7.69. The minimum absolute atomic E-state index is 0.00269. The van der Waals surface area contributed by atoms with Crippen LogP contribution < -0.4 is 10.5 Å². The maximum atomic E-state index is 5.70. The Morgan fingerprint density at radius 3 is 3.06 bits per heavy atom. The van der Waals surface area contributed by atoms with E-state index in [-0.39, 0.29) is 6.10 Å². The van der Waals surface area contributed by atoms with Gasteiger partial charge in [-0.3, -0.25) is 0 Å². The molecular formula is C11H14N2O2S. The second-order valence-electron chi connectivity index (χ2n) is 3.59. The molecule has 16 heavy (non-hydrogen) atoms. The molecule has 0 aliphatic heterocycles. The number of nitrogen functional groups attached to an aromatic ring is 1. The molecule has 86 valence electrons. The summed E-state index contributed by atoms with van der Waals surface area (Å²) in [4.78, 5) is 4.36. The third-order valence-corrected chi connectivity index (χ3v) is 3.01. The molecule has 0 saturated carbocycles. The third kappa shape index (κ3) is 2.43. The van der Waals surface area contributed by atoms with Crippen LogP contribution in [0.4, 0.5) is 5.69 Å². The molecule has 1 heterocycles. The predicted octanol–water partition coefficient (Wildman–Crippen LogP) is 2.29. The van der Waals surface area contributed by atoms with Gasteiger partial charge in [0, 0.05) is 12.8 Å². The number of thiazole rings is 1. The number of hydrogen-bond acceptors (Lipinski definition) is 5. The van der Waals surface area contributed by atoms with Crippen molar-refractivity contribution in [2.75, 3.05) is 19.5 Å². The van der Waals surface area contributed by atoms with E-state index in [1.807, 2.05) is 25.1 Å². The second-order valence-corrected chi connectivity index (χ2v) is 4.58. The van der Waals surface area contributed by atoms with Gasteiger partial charge in [-0.05, 0) is 25.1 Å².